The Morgan fingerprint density at radius 1 is 0.833 bits per heavy atom. The average Bonchev–Trinajstić information content (AvgIpc) is 3.11. The first-order valence-corrected chi connectivity index (χ1v) is 11.7. The van der Waals surface area contributed by atoms with Gasteiger partial charge in [0, 0.05) is 45.7 Å². The molecule has 5 aromatic rings. The van der Waals surface area contributed by atoms with Crippen LogP contribution in [-0.4, -0.2) is 4.57 Å². The fraction of sp³-hybridized carbons (Fsp3) is 0.0800. The highest BCUT2D eigenvalue weighted by Gasteiger charge is 2.30. The monoisotopic (exact) mass is 413 g/mol. The molecule has 0 fully saturated rings. The molecule has 5 heteroatoms. The van der Waals surface area contributed by atoms with Crippen LogP contribution in [0.5, 0.6) is 0 Å². The van der Waals surface area contributed by atoms with Gasteiger partial charge in [-0.3, -0.25) is 0 Å². The summed E-state index contributed by atoms with van der Waals surface area (Å²) in [6, 6.07) is 27.0. The molecule has 0 N–H and O–H groups in total. The third kappa shape index (κ3) is 2.84. The van der Waals surface area contributed by atoms with Gasteiger partial charge in [0.15, 0.2) is 0 Å². The van der Waals surface area contributed by atoms with E-state index in [4.69, 9.17) is 4.42 Å². The zero-order valence-electron chi connectivity index (χ0n) is 16.5. The molecule has 0 spiro atoms. The van der Waals surface area contributed by atoms with E-state index in [0.29, 0.717) is 5.52 Å². The highest BCUT2D eigenvalue weighted by Crippen LogP contribution is 2.48. The summed E-state index contributed by atoms with van der Waals surface area (Å²) < 4.78 is 21.8. The molecular weight excluding hydrogens is 393 g/mol. The highest BCUT2D eigenvalue weighted by molar-refractivity contribution is 7.78. The molecule has 0 aliphatic heterocycles. The van der Waals surface area contributed by atoms with Gasteiger partial charge < -0.3 is 13.5 Å². The van der Waals surface area contributed by atoms with Crippen LogP contribution in [0, 0.1) is 0 Å². The number of aryl methyl sites for hydroxylation is 1. The van der Waals surface area contributed by atoms with Gasteiger partial charge in [-0.2, -0.15) is 0 Å². The smallest absolute Gasteiger partial charge is 0.360 e. The van der Waals surface area contributed by atoms with Gasteiger partial charge in [-0.05, 0) is 6.07 Å². The topological polar surface area (TPSA) is 52.2 Å². The van der Waals surface area contributed by atoms with Crippen LogP contribution in [0.25, 0.3) is 21.8 Å². The lowest BCUT2D eigenvalue weighted by atomic mass is 10.1. The SMILES string of the molecule is Cn1c2ccccc2c2c(CP(=O)(c3ccccc3)c3ccccc3)coc(=O)c21. The van der Waals surface area contributed by atoms with Gasteiger partial charge in [0.2, 0.25) is 0 Å². The Balaban J connectivity index is 1.80. The molecule has 2 heterocycles. The molecule has 0 saturated heterocycles. The Hall–Kier alpha value is -3.36. The molecule has 4 nitrogen and oxygen atoms in total. The van der Waals surface area contributed by atoms with Gasteiger partial charge in [0.1, 0.15) is 12.7 Å². The van der Waals surface area contributed by atoms with Gasteiger partial charge in [-0.25, -0.2) is 4.79 Å². The Morgan fingerprint density at radius 3 is 2.03 bits per heavy atom. The number of rotatable bonds is 4. The third-order valence-corrected chi connectivity index (χ3v) is 8.72. The average molecular weight is 413 g/mol. The first-order valence-electron chi connectivity index (χ1n) is 9.78. The number of hydrogen-bond acceptors (Lipinski definition) is 3. The number of benzene rings is 3. The van der Waals surface area contributed by atoms with Crippen LogP contribution in [-0.2, 0) is 17.8 Å². The first kappa shape index (κ1) is 18.7. The minimum absolute atomic E-state index is 0.273. The predicted octanol–water partition coefficient (Wildman–Crippen LogP) is 4.80. The van der Waals surface area contributed by atoms with E-state index in [2.05, 4.69) is 0 Å². The van der Waals surface area contributed by atoms with Crippen molar-refractivity contribution in [3.05, 3.63) is 107 Å². The number of nitrogens with zero attached hydrogens (tertiary/aromatic N) is 1. The Morgan fingerprint density at radius 2 is 1.40 bits per heavy atom. The summed E-state index contributed by atoms with van der Waals surface area (Å²) in [7, 11) is -1.15. The molecule has 0 unspecified atom stereocenters. The maximum atomic E-state index is 14.5. The Bertz CT molecular complexity index is 1420. The lowest BCUT2D eigenvalue weighted by Gasteiger charge is -2.19. The molecule has 3 aromatic carbocycles. The van der Waals surface area contributed by atoms with Crippen molar-refractivity contribution >= 4 is 39.6 Å². The van der Waals surface area contributed by atoms with Gasteiger partial charge >= 0.3 is 5.63 Å². The largest absolute Gasteiger partial charge is 0.429 e. The molecule has 30 heavy (non-hydrogen) atoms. The number of fused-ring (bicyclic) bond motifs is 3. The van der Waals surface area contributed by atoms with Crippen molar-refractivity contribution < 1.29 is 8.98 Å². The van der Waals surface area contributed by atoms with E-state index in [1.165, 1.54) is 6.26 Å². The zero-order chi connectivity index (χ0) is 20.7. The molecule has 0 aliphatic rings. The summed E-state index contributed by atoms with van der Waals surface area (Å²) in [5, 5.41) is 3.36. The summed E-state index contributed by atoms with van der Waals surface area (Å²) >= 11 is 0. The Kier molecular flexibility index (Phi) is 4.45. The van der Waals surface area contributed by atoms with E-state index in [0.717, 1.165) is 32.5 Å². The van der Waals surface area contributed by atoms with E-state index in [9.17, 15) is 9.36 Å². The molecule has 0 bridgehead atoms. The molecule has 0 amide bonds. The molecule has 0 saturated carbocycles. The lowest BCUT2D eigenvalue weighted by Crippen LogP contribution is -2.18. The standard InChI is InChI=1S/C25H20NO3P/c1-26-22-15-9-8-14-21(22)23-18(16-29-25(27)24(23)26)17-30(28,19-10-4-2-5-11-19)20-12-6-3-7-13-20/h2-16H,17H2,1H3. The van der Waals surface area contributed by atoms with E-state index >= 15 is 0 Å². The van der Waals surface area contributed by atoms with E-state index < -0.39 is 7.14 Å². The molecule has 0 radical (unpaired) electrons. The molecular formula is C25H20NO3P. The quantitative estimate of drug-likeness (QED) is 0.398. The summed E-state index contributed by atoms with van der Waals surface area (Å²) in [6.07, 6.45) is 1.75. The molecule has 0 aliphatic carbocycles. The number of para-hydroxylation sites is 1. The fourth-order valence-electron chi connectivity index (χ4n) is 4.22. The zero-order valence-corrected chi connectivity index (χ0v) is 17.4. The number of hydrogen-bond donors (Lipinski definition) is 0. The van der Waals surface area contributed by atoms with Crippen LogP contribution in [0.1, 0.15) is 5.56 Å². The normalized spacial score (nSPS) is 11.9. The van der Waals surface area contributed by atoms with Crippen molar-refractivity contribution in [3.8, 4) is 0 Å². The van der Waals surface area contributed by atoms with Crippen LogP contribution < -0.4 is 16.2 Å². The van der Waals surface area contributed by atoms with Crippen LogP contribution in [0.3, 0.4) is 0 Å². The third-order valence-electron chi connectivity index (χ3n) is 5.67. The molecule has 2 aromatic heterocycles. The Labute approximate surface area is 173 Å². The van der Waals surface area contributed by atoms with Crippen molar-refractivity contribution in [2.45, 2.75) is 6.16 Å². The second kappa shape index (κ2) is 7.16. The van der Waals surface area contributed by atoms with Crippen molar-refractivity contribution in [1.29, 1.82) is 0 Å². The van der Waals surface area contributed by atoms with Crippen LogP contribution in [0.4, 0.5) is 0 Å². The molecule has 148 valence electrons. The lowest BCUT2D eigenvalue weighted by molar-refractivity contribution is 0.511. The molecule has 5 rings (SSSR count). The van der Waals surface area contributed by atoms with Crippen LogP contribution >= 0.6 is 7.14 Å². The van der Waals surface area contributed by atoms with Gasteiger partial charge in [0.25, 0.3) is 0 Å². The van der Waals surface area contributed by atoms with Gasteiger partial charge in [-0.15, -0.1) is 0 Å². The van der Waals surface area contributed by atoms with Gasteiger partial charge in [-0.1, -0.05) is 78.9 Å². The predicted molar refractivity (Wildman–Crippen MR) is 122 cm³/mol. The fourth-order valence-corrected chi connectivity index (χ4v) is 6.91. The van der Waals surface area contributed by atoms with Crippen molar-refractivity contribution in [3.63, 3.8) is 0 Å². The molecule has 0 atom stereocenters. The van der Waals surface area contributed by atoms with Crippen LogP contribution in [0.15, 0.2) is 100 Å². The summed E-state index contributed by atoms with van der Waals surface area (Å²) in [5.74, 6) is 0. The second-order valence-electron chi connectivity index (χ2n) is 7.42. The van der Waals surface area contributed by atoms with Crippen LogP contribution in [0.2, 0.25) is 0 Å². The minimum Gasteiger partial charge on any atom is -0.429 e. The van der Waals surface area contributed by atoms with E-state index in [1.807, 2.05) is 96.5 Å². The second-order valence-corrected chi connectivity index (χ2v) is 10.2. The van der Waals surface area contributed by atoms with Crippen molar-refractivity contribution in [2.24, 2.45) is 7.05 Å². The van der Waals surface area contributed by atoms with Crippen molar-refractivity contribution in [1.82, 2.24) is 4.57 Å². The van der Waals surface area contributed by atoms with E-state index in [1.54, 1.807) is 0 Å². The van der Waals surface area contributed by atoms with Gasteiger partial charge in [0.05, 0.1) is 6.26 Å². The van der Waals surface area contributed by atoms with Crippen molar-refractivity contribution in [2.75, 3.05) is 0 Å². The maximum absolute atomic E-state index is 14.5. The maximum Gasteiger partial charge on any atom is 0.360 e. The summed E-state index contributed by atoms with van der Waals surface area (Å²) in [6.45, 7) is 0. The summed E-state index contributed by atoms with van der Waals surface area (Å²) in [5.41, 5.74) is 1.84. The summed E-state index contributed by atoms with van der Waals surface area (Å²) in [4.78, 5) is 12.6. The minimum atomic E-state index is -3.01. The first-order chi connectivity index (χ1) is 14.6. The van der Waals surface area contributed by atoms with E-state index in [-0.39, 0.29) is 11.8 Å². The highest BCUT2D eigenvalue weighted by atomic mass is 31.2. The number of aromatic nitrogens is 1.